The minimum absolute atomic E-state index is 0.00594. The van der Waals surface area contributed by atoms with Gasteiger partial charge < -0.3 is 19.8 Å². The van der Waals surface area contributed by atoms with Gasteiger partial charge in [-0.1, -0.05) is 20.8 Å². The van der Waals surface area contributed by atoms with Crippen molar-refractivity contribution in [3.8, 4) is 17.2 Å². The Morgan fingerprint density at radius 1 is 0.907 bits per heavy atom. The molecule has 43 heavy (non-hydrogen) atoms. The summed E-state index contributed by atoms with van der Waals surface area (Å²) in [6.45, 7) is 5.90. The fraction of sp³-hybridized carbons (Fsp3) is 0.212. The summed E-state index contributed by atoms with van der Waals surface area (Å²) in [5.41, 5.74) is 1.82. The zero-order valence-corrected chi connectivity index (χ0v) is 24.1. The number of halogens is 1. The highest BCUT2D eigenvalue weighted by Crippen LogP contribution is 2.30. The molecule has 0 radical (unpaired) electrons. The minimum Gasteiger partial charge on any atom is -0.456 e. The second kappa shape index (κ2) is 12.7. The fourth-order valence-electron chi connectivity index (χ4n) is 4.50. The van der Waals surface area contributed by atoms with Gasteiger partial charge in [0.05, 0.1) is 12.4 Å². The van der Waals surface area contributed by atoms with Gasteiger partial charge in [0.2, 0.25) is 5.91 Å². The maximum absolute atomic E-state index is 13.4. The summed E-state index contributed by atoms with van der Waals surface area (Å²) in [6.07, 6.45) is 5.89. The van der Waals surface area contributed by atoms with E-state index >= 15 is 0 Å². The van der Waals surface area contributed by atoms with Gasteiger partial charge in [-0.15, -0.1) is 0 Å². The molecule has 1 aliphatic rings. The maximum Gasteiger partial charge on any atom is 0.268 e. The molecule has 220 valence electrons. The van der Waals surface area contributed by atoms with E-state index in [1.54, 1.807) is 59.3 Å². The van der Waals surface area contributed by atoms with Crippen molar-refractivity contribution in [2.75, 3.05) is 10.6 Å². The van der Waals surface area contributed by atoms with E-state index < -0.39 is 17.3 Å². The largest absolute Gasteiger partial charge is 0.456 e. The number of nitrogens with one attached hydrogen (secondary N) is 2. The van der Waals surface area contributed by atoms with Crippen LogP contribution in [-0.4, -0.2) is 25.8 Å². The van der Waals surface area contributed by atoms with Gasteiger partial charge in [0.25, 0.3) is 11.5 Å². The fourth-order valence-corrected chi connectivity index (χ4v) is 4.50. The van der Waals surface area contributed by atoms with Gasteiger partial charge in [0, 0.05) is 23.0 Å². The molecule has 0 atom stereocenters. The summed E-state index contributed by atoms with van der Waals surface area (Å²) < 4.78 is 22.6. The predicted octanol–water partition coefficient (Wildman–Crippen LogP) is 6.61. The number of fused-ring (bicyclic) bond motifs is 1. The van der Waals surface area contributed by atoms with Crippen LogP contribution in [0, 0.1) is 11.7 Å². The number of benzene rings is 2. The summed E-state index contributed by atoms with van der Waals surface area (Å²) in [6, 6.07) is 19.1. The van der Waals surface area contributed by atoms with Gasteiger partial charge in [0.15, 0.2) is 5.82 Å². The normalized spacial score (nSPS) is 12.3. The number of amides is 2. The van der Waals surface area contributed by atoms with E-state index in [2.05, 4.69) is 15.6 Å². The average molecular weight is 582 g/mol. The van der Waals surface area contributed by atoms with Crippen molar-refractivity contribution < 1.29 is 18.7 Å². The van der Waals surface area contributed by atoms with Crippen molar-refractivity contribution in [3.05, 3.63) is 113 Å². The number of anilines is 2. The van der Waals surface area contributed by atoms with E-state index in [4.69, 9.17) is 4.74 Å². The Kier molecular flexibility index (Phi) is 8.66. The Morgan fingerprint density at radius 3 is 2.28 bits per heavy atom. The molecule has 1 aliphatic carbocycles. The lowest BCUT2D eigenvalue weighted by atomic mass is 10.1. The molecule has 0 spiro atoms. The summed E-state index contributed by atoms with van der Waals surface area (Å²) in [5.74, 6) is 0.707. The monoisotopic (exact) mass is 581 g/mol. The second-order valence-corrected chi connectivity index (χ2v) is 9.81. The third kappa shape index (κ3) is 6.64. The smallest absolute Gasteiger partial charge is 0.268 e. The Bertz CT molecular complexity index is 1820. The number of pyridine rings is 2. The Labute approximate surface area is 248 Å². The van der Waals surface area contributed by atoms with Gasteiger partial charge in [0.1, 0.15) is 28.5 Å². The number of ether oxygens (including phenoxy) is 1. The summed E-state index contributed by atoms with van der Waals surface area (Å²) >= 11 is 0. The molecular formula is C33H32FN5O4. The van der Waals surface area contributed by atoms with Crippen LogP contribution in [0.25, 0.3) is 11.3 Å². The number of aromatic nitrogens is 3. The molecule has 6 rings (SSSR count). The Hall–Kier alpha value is -5.25. The molecule has 0 bridgehead atoms. The first-order chi connectivity index (χ1) is 20.9. The first-order valence-electron chi connectivity index (χ1n) is 14.3. The van der Waals surface area contributed by atoms with Crippen LogP contribution < -0.4 is 20.9 Å². The molecule has 3 aromatic heterocycles. The van der Waals surface area contributed by atoms with Gasteiger partial charge in [-0.3, -0.25) is 19.0 Å². The topological polar surface area (TPSA) is 107 Å². The summed E-state index contributed by atoms with van der Waals surface area (Å²) in [7, 11) is 0. The minimum atomic E-state index is -0.558. The number of carbonyl (C=O) groups excluding carboxylic acids is 2. The molecule has 10 heteroatoms. The number of aryl methyl sites for hydroxylation is 1. The second-order valence-electron chi connectivity index (χ2n) is 9.81. The molecule has 3 heterocycles. The Balaban J connectivity index is 0.00000180. The van der Waals surface area contributed by atoms with Crippen LogP contribution in [-0.2, 0) is 11.2 Å². The van der Waals surface area contributed by atoms with E-state index in [9.17, 15) is 18.8 Å². The number of carbonyl (C=O) groups is 2. The number of nitrogens with zero attached hydrogens (tertiary/aromatic N) is 3. The molecule has 2 aromatic carbocycles. The van der Waals surface area contributed by atoms with Crippen LogP contribution in [0.15, 0.2) is 90.0 Å². The molecule has 0 aliphatic heterocycles. The predicted molar refractivity (Wildman–Crippen MR) is 164 cm³/mol. The first kappa shape index (κ1) is 29.2. The van der Waals surface area contributed by atoms with Crippen molar-refractivity contribution in [2.45, 2.75) is 40.0 Å². The highest BCUT2D eigenvalue weighted by atomic mass is 19.1. The molecule has 1 saturated carbocycles. The number of imidazole rings is 1. The molecule has 2 N–H and O–H groups in total. The van der Waals surface area contributed by atoms with Gasteiger partial charge in [-0.25, -0.2) is 9.37 Å². The van der Waals surface area contributed by atoms with Gasteiger partial charge in [-0.05, 0) is 92.1 Å². The van der Waals surface area contributed by atoms with Crippen molar-refractivity contribution in [3.63, 3.8) is 0 Å². The summed E-state index contributed by atoms with van der Waals surface area (Å²) in [5, 5.41) is 5.59. The molecule has 1 fully saturated rings. The number of hydrogen-bond acceptors (Lipinski definition) is 5. The molecule has 0 saturated heterocycles. The SMILES string of the molecule is CC.CCc1ccc(C(=O)Nc2ccc(Oc3ccc4nc(NC(=O)C5CC5)cn4c3)cc2)c(=O)n1-c1ccc(F)cc1. The molecule has 5 aromatic rings. The van der Waals surface area contributed by atoms with E-state index in [-0.39, 0.29) is 17.4 Å². The van der Waals surface area contributed by atoms with E-state index in [1.807, 2.05) is 20.8 Å². The summed E-state index contributed by atoms with van der Waals surface area (Å²) in [4.78, 5) is 42.7. The van der Waals surface area contributed by atoms with Crippen molar-refractivity contribution in [1.82, 2.24) is 14.0 Å². The maximum atomic E-state index is 13.4. The van der Waals surface area contributed by atoms with Gasteiger partial charge in [-0.2, -0.15) is 0 Å². The van der Waals surface area contributed by atoms with Gasteiger partial charge >= 0.3 is 0 Å². The van der Waals surface area contributed by atoms with E-state index in [0.717, 1.165) is 12.8 Å². The van der Waals surface area contributed by atoms with Crippen LogP contribution in [0.5, 0.6) is 11.5 Å². The third-order valence-electron chi connectivity index (χ3n) is 6.83. The van der Waals surface area contributed by atoms with Crippen LogP contribution in [0.3, 0.4) is 0 Å². The van der Waals surface area contributed by atoms with Crippen molar-refractivity contribution in [2.24, 2.45) is 5.92 Å². The highest BCUT2D eigenvalue weighted by molar-refractivity contribution is 6.04. The zero-order valence-electron chi connectivity index (χ0n) is 24.1. The van der Waals surface area contributed by atoms with Crippen LogP contribution in [0.2, 0.25) is 0 Å². The molecule has 9 nitrogen and oxygen atoms in total. The lowest BCUT2D eigenvalue weighted by molar-refractivity contribution is -0.117. The van der Waals surface area contributed by atoms with E-state index in [0.29, 0.717) is 46.5 Å². The molecule has 2 amide bonds. The van der Waals surface area contributed by atoms with E-state index in [1.165, 1.54) is 34.9 Å². The number of hydrogen-bond donors (Lipinski definition) is 2. The molecular weight excluding hydrogens is 549 g/mol. The van der Waals surface area contributed by atoms with Crippen molar-refractivity contribution >= 4 is 29.0 Å². The van der Waals surface area contributed by atoms with Crippen LogP contribution in [0.1, 0.15) is 49.7 Å². The zero-order chi connectivity index (χ0) is 30.5. The van der Waals surface area contributed by atoms with Crippen LogP contribution >= 0.6 is 0 Å². The highest BCUT2D eigenvalue weighted by Gasteiger charge is 2.30. The van der Waals surface area contributed by atoms with Crippen LogP contribution in [0.4, 0.5) is 15.9 Å². The lowest BCUT2D eigenvalue weighted by Gasteiger charge is -2.14. The average Bonchev–Trinajstić information content (AvgIpc) is 3.80. The number of rotatable bonds is 8. The third-order valence-corrected chi connectivity index (χ3v) is 6.83. The Morgan fingerprint density at radius 2 is 1.60 bits per heavy atom. The molecule has 0 unspecified atom stereocenters. The quantitative estimate of drug-likeness (QED) is 0.215. The standard InChI is InChI=1S/C31H26FN5O4.C2H6/c1-2-22-11-15-26(31(40)37(22)23-9-5-20(32)6-10-23)30(39)33-21-7-12-24(13-8-21)41-25-14-16-28-34-27(18-36(28)17-25)35-29(38)19-3-4-19;1-2/h5-19H,2-4H2,1H3,(H,33,39)(H,35,38);1-2H3. The van der Waals surface area contributed by atoms with Crippen molar-refractivity contribution in [1.29, 1.82) is 0 Å². The first-order valence-corrected chi connectivity index (χ1v) is 14.3. The lowest BCUT2D eigenvalue weighted by Crippen LogP contribution is -2.30.